The Balaban J connectivity index is 3.07. The van der Waals surface area contributed by atoms with Crippen LogP contribution in [0.15, 0.2) is 4.90 Å². The van der Waals surface area contributed by atoms with Crippen LogP contribution in [0.5, 0.6) is 0 Å². The van der Waals surface area contributed by atoms with E-state index in [2.05, 4.69) is 12.6 Å². The van der Waals surface area contributed by atoms with Crippen LogP contribution in [-0.2, 0) is 0 Å². The maximum atomic E-state index is 13.7. The van der Waals surface area contributed by atoms with Crippen molar-refractivity contribution in [3.63, 3.8) is 0 Å². The third-order valence-corrected chi connectivity index (χ3v) is 4.63. The van der Waals surface area contributed by atoms with Gasteiger partial charge in [-0.1, -0.05) is 36.7 Å². The zero-order chi connectivity index (χ0) is 15.4. The molecule has 0 unspecified atom stereocenters. The molecule has 104 valence electrons. The number of hydrogen-bond acceptors (Lipinski definition) is 4. The van der Waals surface area contributed by atoms with Crippen molar-refractivity contribution in [1.29, 1.82) is 0 Å². The Morgan fingerprint density at radius 3 is 1.30 bits per heavy atom. The van der Waals surface area contributed by atoms with Crippen LogP contribution < -0.4 is 0 Å². The SMILES string of the molecule is Fc1c(F)c(F)c(-c2c(S)c(=S)c(=S)c2=S)c(F)c1F. The van der Waals surface area contributed by atoms with Crippen molar-refractivity contribution in [3.8, 4) is 11.1 Å². The van der Waals surface area contributed by atoms with Gasteiger partial charge in [0, 0.05) is 10.5 Å². The highest BCUT2D eigenvalue weighted by molar-refractivity contribution is 7.81. The molecule has 0 aliphatic heterocycles. The van der Waals surface area contributed by atoms with Gasteiger partial charge in [0.1, 0.15) is 0 Å². The van der Waals surface area contributed by atoms with Crippen molar-refractivity contribution >= 4 is 49.3 Å². The van der Waals surface area contributed by atoms with Crippen molar-refractivity contribution in [2.75, 3.05) is 0 Å². The first-order valence-electron chi connectivity index (χ1n) is 4.78. The first-order chi connectivity index (χ1) is 9.20. The molecular weight excluding hydrogens is 355 g/mol. The fourth-order valence-corrected chi connectivity index (χ4v) is 2.87. The molecule has 0 saturated heterocycles. The van der Waals surface area contributed by atoms with E-state index in [9.17, 15) is 22.0 Å². The Kier molecular flexibility index (Phi) is 4.07. The van der Waals surface area contributed by atoms with Crippen molar-refractivity contribution in [1.82, 2.24) is 0 Å². The smallest absolute Gasteiger partial charge is 0.200 e. The van der Waals surface area contributed by atoms with Gasteiger partial charge in [-0.15, -0.1) is 12.6 Å². The molecule has 0 saturated carbocycles. The predicted molar refractivity (Wildman–Crippen MR) is 73.8 cm³/mol. The topological polar surface area (TPSA) is 0 Å². The third-order valence-electron chi connectivity index (χ3n) is 2.55. The first kappa shape index (κ1) is 15.6. The monoisotopic (exact) mass is 356 g/mol. The van der Waals surface area contributed by atoms with E-state index in [1.165, 1.54) is 0 Å². The Bertz CT molecular complexity index is 851. The highest BCUT2D eigenvalue weighted by atomic mass is 32.1. The van der Waals surface area contributed by atoms with E-state index in [0.717, 1.165) is 0 Å². The van der Waals surface area contributed by atoms with Crippen molar-refractivity contribution in [2.45, 2.75) is 4.90 Å². The van der Waals surface area contributed by atoms with Crippen LogP contribution in [0.3, 0.4) is 0 Å². The summed E-state index contributed by atoms with van der Waals surface area (Å²) in [4.78, 5) is -0.182. The van der Waals surface area contributed by atoms with E-state index in [-0.39, 0.29) is 18.4 Å². The molecule has 2 aromatic carbocycles. The molecule has 0 aromatic heterocycles. The summed E-state index contributed by atoms with van der Waals surface area (Å²) in [6.45, 7) is 0. The van der Waals surface area contributed by atoms with Gasteiger partial charge in [0.05, 0.1) is 19.1 Å². The fraction of sp³-hybridized carbons (Fsp3) is 0. The molecule has 20 heavy (non-hydrogen) atoms. The summed E-state index contributed by atoms with van der Waals surface area (Å²) in [6.07, 6.45) is 0. The third kappa shape index (κ3) is 2.03. The van der Waals surface area contributed by atoms with Crippen LogP contribution in [0.1, 0.15) is 0 Å². The molecule has 0 spiro atoms. The molecule has 0 atom stereocenters. The summed E-state index contributed by atoms with van der Waals surface area (Å²) in [6, 6.07) is 0. The maximum absolute atomic E-state index is 13.7. The van der Waals surface area contributed by atoms with E-state index in [1.807, 2.05) is 0 Å². The van der Waals surface area contributed by atoms with E-state index in [4.69, 9.17) is 36.7 Å². The predicted octanol–water partition coefficient (Wildman–Crippen LogP) is 5.40. The largest absolute Gasteiger partial charge is 0.203 e. The van der Waals surface area contributed by atoms with E-state index >= 15 is 0 Å². The lowest BCUT2D eigenvalue weighted by molar-refractivity contribution is 0.381. The van der Waals surface area contributed by atoms with Crippen LogP contribution in [0.2, 0.25) is 0 Å². The van der Waals surface area contributed by atoms with Gasteiger partial charge < -0.3 is 0 Å². The summed E-state index contributed by atoms with van der Waals surface area (Å²) >= 11 is 18.4. The molecule has 0 fully saturated rings. The molecule has 0 radical (unpaired) electrons. The summed E-state index contributed by atoms with van der Waals surface area (Å²) in [7, 11) is 0. The van der Waals surface area contributed by atoms with E-state index < -0.39 is 40.2 Å². The van der Waals surface area contributed by atoms with Gasteiger partial charge >= 0.3 is 0 Å². The van der Waals surface area contributed by atoms with Crippen molar-refractivity contribution in [2.24, 2.45) is 0 Å². The number of halogens is 5. The molecule has 2 rings (SSSR count). The average molecular weight is 356 g/mol. The van der Waals surface area contributed by atoms with Gasteiger partial charge in [0.2, 0.25) is 5.82 Å². The normalized spacial score (nSPS) is 11.1. The minimum absolute atomic E-state index is 0.0627. The van der Waals surface area contributed by atoms with Gasteiger partial charge in [-0.2, -0.15) is 0 Å². The second-order valence-corrected chi connectivity index (χ2v) is 5.33. The van der Waals surface area contributed by atoms with Gasteiger partial charge in [-0.25, -0.2) is 22.0 Å². The number of rotatable bonds is 1. The standard InChI is InChI=1S/C11HF5S4/c12-3-1(4(13)6(15)7(16)5(3)14)2-8(17)10(19)11(20)9(2)18/h17H. The molecule has 0 heterocycles. The molecule has 0 N–H and O–H groups in total. The van der Waals surface area contributed by atoms with E-state index in [0.29, 0.717) is 0 Å². The molecular formula is C11HF5S4. The van der Waals surface area contributed by atoms with Crippen LogP contribution in [0.25, 0.3) is 11.1 Å². The van der Waals surface area contributed by atoms with Gasteiger partial charge in [-0.05, 0) is 0 Å². The fourth-order valence-electron chi connectivity index (χ4n) is 1.60. The van der Waals surface area contributed by atoms with Crippen LogP contribution >= 0.6 is 49.3 Å². The van der Waals surface area contributed by atoms with Crippen molar-refractivity contribution in [3.05, 3.63) is 42.6 Å². The van der Waals surface area contributed by atoms with Crippen LogP contribution in [-0.4, -0.2) is 0 Å². The van der Waals surface area contributed by atoms with Gasteiger partial charge in [0.25, 0.3) is 0 Å². The summed E-state index contributed by atoms with van der Waals surface area (Å²) in [5.41, 5.74) is -1.62. The Morgan fingerprint density at radius 2 is 0.950 bits per heavy atom. The Morgan fingerprint density at radius 1 is 0.550 bits per heavy atom. The zero-order valence-corrected chi connectivity index (χ0v) is 12.4. The van der Waals surface area contributed by atoms with Gasteiger partial charge in [0.15, 0.2) is 23.3 Å². The minimum atomic E-state index is -2.25. The Hall–Kier alpha value is -0.770. The molecule has 2 aromatic rings. The molecule has 0 bridgehead atoms. The summed E-state index contributed by atoms with van der Waals surface area (Å²) in [5.74, 6) is -10.4. The molecule has 0 aliphatic carbocycles. The quantitative estimate of drug-likeness (QED) is 0.239. The molecule has 0 aliphatic rings. The second kappa shape index (κ2) is 5.21. The minimum Gasteiger partial charge on any atom is -0.203 e. The molecule has 0 amide bonds. The number of benzene rings is 1. The van der Waals surface area contributed by atoms with E-state index in [1.54, 1.807) is 0 Å². The second-order valence-electron chi connectivity index (χ2n) is 3.66. The average Bonchev–Trinajstić information content (AvgIpc) is 2.61. The zero-order valence-electron chi connectivity index (χ0n) is 9.06. The Labute approximate surface area is 130 Å². The first-order valence-corrected chi connectivity index (χ1v) is 6.45. The lowest BCUT2D eigenvalue weighted by atomic mass is 10.1. The highest BCUT2D eigenvalue weighted by Crippen LogP contribution is 2.37. The highest BCUT2D eigenvalue weighted by Gasteiger charge is 2.29. The van der Waals surface area contributed by atoms with Gasteiger partial charge in [-0.3, -0.25) is 0 Å². The van der Waals surface area contributed by atoms with Crippen LogP contribution in [0.4, 0.5) is 22.0 Å². The number of thiol groups is 1. The summed E-state index contributed by atoms with van der Waals surface area (Å²) < 4.78 is 66.4. The molecule has 0 nitrogen and oxygen atoms in total. The van der Waals surface area contributed by atoms with Crippen molar-refractivity contribution < 1.29 is 22.0 Å². The lowest BCUT2D eigenvalue weighted by Crippen LogP contribution is -2.04. The lowest BCUT2D eigenvalue weighted by Gasteiger charge is -2.07. The molecule has 9 heteroatoms. The maximum Gasteiger partial charge on any atom is 0.200 e. The van der Waals surface area contributed by atoms with Crippen LogP contribution in [0, 0.1) is 42.6 Å². The summed E-state index contributed by atoms with van der Waals surface area (Å²) in [5, 5.41) is 0. The number of hydrogen-bond donors (Lipinski definition) is 1.